The van der Waals surface area contributed by atoms with E-state index in [2.05, 4.69) is 4.74 Å². The Hall–Kier alpha value is -0.960. The van der Waals surface area contributed by atoms with Gasteiger partial charge in [0.05, 0.1) is 22.6 Å². The van der Waals surface area contributed by atoms with Crippen LogP contribution in [0.3, 0.4) is 0 Å². The lowest BCUT2D eigenvalue weighted by atomic mass is 10.2. The summed E-state index contributed by atoms with van der Waals surface area (Å²) in [5.41, 5.74) is 0. The van der Waals surface area contributed by atoms with Crippen LogP contribution in [-0.2, 0) is 14.8 Å². The zero-order valence-corrected chi connectivity index (χ0v) is 13.6. The first kappa shape index (κ1) is 17.4. The first-order valence-corrected chi connectivity index (χ1v) is 8.41. The standard InChI is InChI=1S/C13H16ClF2NO4S/c1-8-7-20-9(2)6-17(8)22(18,19)10-3-4-12(11(14)5-10)21-13(15)16/h3-5,8-9,13H,6-7H2,1-2H3/t8-,9-/m0/s1. The molecule has 0 aromatic heterocycles. The van der Waals surface area contributed by atoms with Gasteiger partial charge in [0.15, 0.2) is 0 Å². The zero-order valence-electron chi connectivity index (χ0n) is 12.0. The smallest absolute Gasteiger partial charge is 0.387 e. The Kier molecular flexibility index (Phi) is 5.26. The van der Waals surface area contributed by atoms with Crippen LogP contribution >= 0.6 is 11.6 Å². The van der Waals surface area contributed by atoms with Gasteiger partial charge in [-0.25, -0.2) is 8.42 Å². The minimum atomic E-state index is -3.79. The highest BCUT2D eigenvalue weighted by atomic mass is 35.5. The number of rotatable bonds is 4. The first-order chi connectivity index (χ1) is 10.2. The maximum Gasteiger partial charge on any atom is 0.387 e. The number of nitrogens with zero attached hydrogens (tertiary/aromatic N) is 1. The quantitative estimate of drug-likeness (QED) is 0.833. The molecule has 1 heterocycles. The number of hydrogen-bond acceptors (Lipinski definition) is 4. The molecule has 0 amide bonds. The summed E-state index contributed by atoms with van der Waals surface area (Å²) in [5.74, 6) is -0.265. The van der Waals surface area contributed by atoms with Gasteiger partial charge in [-0.3, -0.25) is 0 Å². The fraction of sp³-hybridized carbons (Fsp3) is 0.538. The molecule has 1 saturated heterocycles. The molecular weight excluding hydrogens is 340 g/mol. The summed E-state index contributed by atoms with van der Waals surface area (Å²) in [6, 6.07) is 3.11. The number of halogens is 3. The van der Waals surface area contributed by atoms with E-state index in [1.807, 2.05) is 0 Å². The second-order valence-electron chi connectivity index (χ2n) is 5.04. The highest BCUT2D eigenvalue weighted by molar-refractivity contribution is 7.89. The molecule has 1 fully saturated rings. The molecule has 0 saturated carbocycles. The fourth-order valence-corrected chi connectivity index (χ4v) is 4.18. The summed E-state index contributed by atoms with van der Waals surface area (Å²) in [6.45, 7) is 0.997. The Morgan fingerprint density at radius 1 is 1.41 bits per heavy atom. The Morgan fingerprint density at radius 2 is 2.09 bits per heavy atom. The van der Waals surface area contributed by atoms with Gasteiger partial charge in [-0.15, -0.1) is 0 Å². The third-order valence-corrected chi connectivity index (χ3v) is 5.55. The monoisotopic (exact) mass is 355 g/mol. The van der Waals surface area contributed by atoms with E-state index in [0.717, 1.165) is 12.1 Å². The second kappa shape index (κ2) is 6.66. The maximum atomic E-state index is 12.7. The molecule has 5 nitrogen and oxygen atoms in total. The normalized spacial score (nSPS) is 23.7. The third-order valence-electron chi connectivity index (χ3n) is 3.28. The molecule has 0 unspecified atom stereocenters. The van der Waals surface area contributed by atoms with Gasteiger partial charge in [0.1, 0.15) is 5.75 Å². The molecule has 9 heteroatoms. The predicted octanol–water partition coefficient (Wildman–Crippen LogP) is 2.74. The van der Waals surface area contributed by atoms with Gasteiger partial charge in [-0.1, -0.05) is 11.6 Å². The second-order valence-corrected chi connectivity index (χ2v) is 7.34. The first-order valence-electron chi connectivity index (χ1n) is 6.59. The van der Waals surface area contributed by atoms with Crippen molar-refractivity contribution < 1.29 is 26.7 Å². The zero-order chi connectivity index (χ0) is 16.5. The van der Waals surface area contributed by atoms with E-state index in [1.54, 1.807) is 13.8 Å². The lowest BCUT2D eigenvalue weighted by molar-refractivity contribution is -0.0498. The van der Waals surface area contributed by atoms with Crippen molar-refractivity contribution in [1.82, 2.24) is 4.31 Å². The summed E-state index contributed by atoms with van der Waals surface area (Å²) in [5, 5.41) is -0.185. The number of alkyl halides is 2. The maximum absolute atomic E-state index is 12.7. The Labute approximate surface area is 132 Å². The van der Waals surface area contributed by atoms with Crippen molar-refractivity contribution in [1.29, 1.82) is 0 Å². The van der Waals surface area contributed by atoms with Crippen LogP contribution in [0, 0.1) is 0 Å². The molecule has 22 heavy (non-hydrogen) atoms. The van der Waals surface area contributed by atoms with Crippen LogP contribution in [0.1, 0.15) is 13.8 Å². The molecule has 0 aliphatic carbocycles. The summed E-state index contributed by atoms with van der Waals surface area (Å²) >= 11 is 5.82. The molecule has 1 aliphatic rings. The highest BCUT2D eigenvalue weighted by Crippen LogP contribution is 2.31. The molecule has 2 rings (SSSR count). The molecule has 2 atom stereocenters. The van der Waals surface area contributed by atoms with Crippen molar-refractivity contribution in [2.24, 2.45) is 0 Å². The van der Waals surface area contributed by atoms with E-state index >= 15 is 0 Å². The van der Waals surface area contributed by atoms with E-state index in [1.165, 1.54) is 10.4 Å². The molecular formula is C13H16ClF2NO4S. The number of morpholine rings is 1. The summed E-state index contributed by atoms with van der Waals surface area (Å²) in [7, 11) is -3.79. The molecule has 0 N–H and O–H groups in total. The van der Waals surface area contributed by atoms with Crippen LogP contribution in [0.4, 0.5) is 8.78 Å². The SMILES string of the molecule is C[C@H]1CN(S(=O)(=O)c2ccc(OC(F)F)c(Cl)c2)[C@@H](C)CO1. The van der Waals surface area contributed by atoms with Crippen molar-refractivity contribution in [3.8, 4) is 5.75 Å². The van der Waals surface area contributed by atoms with Crippen LogP contribution in [-0.4, -0.2) is 44.6 Å². The average Bonchev–Trinajstić information content (AvgIpc) is 2.43. The largest absolute Gasteiger partial charge is 0.433 e. The summed E-state index contributed by atoms with van der Waals surface area (Å²) < 4.78 is 60.6. The molecule has 124 valence electrons. The Balaban J connectivity index is 2.31. The Morgan fingerprint density at radius 3 is 2.68 bits per heavy atom. The van der Waals surface area contributed by atoms with Crippen LogP contribution in [0.25, 0.3) is 0 Å². The molecule has 0 bridgehead atoms. The number of ether oxygens (including phenoxy) is 2. The number of hydrogen-bond donors (Lipinski definition) is 0. The van der Waals surface area contributed by atoms with E-state index in [-0.39, 0.29) is 34.4 Å². The highest BCUT2D eigenvalue weighted by Gasteiger charge is 2.34. The molecule has 1 aliphatic heterocycles. The fourth-order valence-electron chi connectivity index (χ4n) is 2.18. The minimum absolute atomic E-state index is 0.0694. The predicted molar refractivity (Wildman–Crippen MR) is 76.9 cm³/mol. The molecule has 0 radical (unpaired) electrons. The third kappa shape index (κ3) is 3.68. The van der Waals surface area contributed by atoms with Crippen LogP contribution < -0.4 is 4.74 Å². The van der Waals surface area contributed by atoms with Crippen molar-refractivity contribution in [3.05, 3.63) is 23.2 Å². The van der Waals surface area contributed by atoms with Gasteiger partial charge in [-0.05, 0) is 32.0 Å². The summed E-state index contributed by atoms with van der Waals surface area (Å²) in [4.78, 5) is -0.0694. The van der Waals surface area contributed by atoms with Crippen molar-refractivity contribution in [2.75, 3.05) is 13.2 Å². The van der Waals surface area contributed by atoms with Gasteiger partial charge in [0, 0.05) is 12.6 Å². The van der Waals surface area contributed by atoms with Gasteiger partial charge in [-0.2, -0.15) is 13.1 Å². The van der Waals surface area contributed by atoms with Crippen molar-refractivity contribution >= 4 is 21.6 Å². The number of sulfonamides is 1. The lowest BCUT2D eigenvalue weighted by Gasteiger charge is -2.35. The van der Waals surface area contributed by atoms with Crippen LogP contribution in [0.5, 0.6) is 5.75 Å². The van der Waals surface area contributed by atoms with Gasteiger partial charge < -0.3 is 9.47 Å². The van der Waals surface area contributed by atoms with Crippen LogP contribution in [0.2, 0.25) is 5.02 Å². The Bertz CT molecular complexity index is 641. The van der Waals surface area contributed by atoms with Gasteiger partial charge in [0.25, 0.3) is 0 Å². The van der Waals surface area contributed by atoms with Crippen molar-refractivity contribution in [3.63, 3.8) is 0 Å². The van der Waals surface area contributed by atoms with Gasteiger partial charge >= 0.3 is 6.61 Å². The molecule has 0 spiro atoms. The van der Waals surface area contributed by atoms with Crippen molar-refractivity contribution in [2.45, 2.75) is 37.5 Å². The van der Waals surface area contributed by atoms with E-state index in [9.17, 15) is 17.2 Å². The molecule has 1 aromatic carbocycles. The van der Waals surface area contributed by atoms with Gasteiger partial charge in [0.2, 0.25) is 10.0 Å². The van der Waals surface area contributed by atoms with E-state index in [4.69, 9.17) is 16.3 Å². The lowest BCUT2D eigenvalue weighted by Crippen LogP contribution is -2.50. The van der Waals surface area contributed by atoms with E-state index < -0.39 is 16.6 Å². The topological polar surface area (TPSA) is 55.8 Å². The van der Waals surface area contributed by atoms with Crippen LogP contribution in [0.15, 0.2) is 23.1 Å². The number of benzene rings is 1. The van der Waals surface area contributed by atoms with E-state index in [0.29, 0.717) is 6.61 Å². The molecule has 1 aromatic rings. The summed E-state index contributed by atoms with van der Waals surface area (Å²) in [6.07, 6.45) is -0.220. The average molecular weight is 356 g/mol. The minimum Gasteiger partial charge on any atom is -0.433 e.